The Hall–Kier alpha value is -0.750. The summed E-state index contributed by atoms with van der Waals surface area (Å²) in [6.07, 6.45) is 18.5. The molecule has 3 saturated carbocycles. The molecule has 0 aromatic carbocycles. The van der Waals surface area contributed by atoms with Crippen molar-refractivity contribution in [1.82, 2.24) is 4.90 Å². The molecule has 4 aliphatic carbocycles. The van der Waals surface area contributed by atoms with Crippen LogP contribution < -0.4 is 0 Å². The SMILES string of the molecule is C[C@]12CC[C@H](SCCOCCN3CCCC3)CC1=CC[C@@H]1[C@@H]2CC[C@@]2(C)[C@H]1CC[C@@]2(O)c1ccoc1. The molecule has 0 unspecified atom stereocenters. The van der Waals surface area contributed by atoms with Gasteiger partial charge in [-0.25, -0.2) is 0 Å². The summed E-state index contributed by atoms with van der Waals surface area (Å²) in [5.74, 6) is 3.23. The van der Waals surface area contributed by atoms with Gasteiger partial charge in [-0.1, -0.05) is 25.5 Å². The van der Waals surface area contributed by atoms with Crippen molar-refractivity contribution in [2.24, 2.45) is 28.6 Å². The van der Waals surface area contributed by atoms with Crippen LogP contribution in [0, 0.1) is 28.6 Å². The molecule has 4 nitrogen and oxygen atoms in total. The van der Waals surface area contributed by atoms with E-state index in [0.29, 0.717) is 17.3 Å². The zero-order chi connectivity index (χ0) is 24.8. The van der Waals surface area contributed by atoms with Crippen LogP contribution in [0.25, 0.3) is 0 Å². The van der Waals surface area contributed by atoms with E-state index in [2.05, 4.69) is 36.6 Å². The highest BCUT2D eigenvalue weighted by Gasteiger charge is 2.64. The van der Waals surface area contributed by atoms with E-state index in [0.717, 1.165) is 61.5 Å². The summed E-state index contributed by atoms with van der Waals surface area (Å²) in [6.45, 7) is 10.4. The van der Waals surface area contributed by atoms with Crippen LogP contribution >= 0.6 is 11.8 Å². The summed E-state index contributed by atoms with van der Waals surface area (Å²) in [6, 6.07) is 2.00. The number of allylic oxidation sites excluding steroid dienone is 2. The zero-order valence-corrected chi connectivity index (χ0v) is 23.4. The highest BCUT2D eigenvalue weighted by molar-refractivity contribution is 7.99. The summed E-state index contributed by atoms with van der Waals surface area (Å²) in [5, 5.41) is 12.7. The van der Waals surface area contributed by atoms with Crippen molar-refractivity contribution >= 4 is 11.8 Å². The Morgan fingerprint density at radius 2 is 1.92 bits per heavy atom. The number of aliphatic hydroxyl groups is 1. The number of hydrogen-bond acceptors (Lipinski definition) is 5. The predicted molar refractivity (Wildman–Crippen MR) is 147 cm³/mol. The van der Waals surface area contributed by atoms with E-state index in [9.17, 15) is 5.11 Å². The fourth-order valence-corrected chi connectivity index (χ4v) is 10.5. The molecule has 0 amide bonds. The number of thioether (sulfide) groups is 1. The molecule has 1 saturated heterocycles. The van der Waals surface area contributed by atoms with E-state index in [4.69, 9.17) is 9.15 Å². The maximum absolute atomic E-state index is 11.9. The van der Waals surface area contributed by atoms with Crippen molar-refractivity contribution in [2.75, 3.05) is 38.6 Å². The normalized spacial score (nSPS) is 42.6. The lowest BCUT2D eigenvalue weighted by atomic mass is 9.47. The summed E-state index contributed by atoms with van der Waals surface area (Å²) in [4.78, 5) is 2.54. The summed E-state index contributed by atoms with van der Waals surface area (Å²) >= 11 is 2.16. The lowest BCUT2D eigenvalue weighted by Crippen LogP contribution is -2.53. The molecule has 5 heteroatoms. The van der Waals surface area contributed by atoms with E-state index in [1.54, 1.807) is 18.1 Å². The molecule has 0 spiro atoms. The Morgan fingerprint density at radius 3 is 2.72 bits per heavy atom. The summed E-state index contributed by atoms with van der Waals surface area (Å²) in [5.41, 5.74) is 2.35. The molecule has 36 heavy (non-hydrogen) atoms. The van der Waals surface area contributed by atoms with Crippen molar-refractivity contribution in [3.63, 3.8) is 0 Å². The number of likely N-dealkylation sites (tertiary alicyclic amines) is 1. The van der Waals surface area contributed by atoms with Gasteiger partial charge in [-0.15, -0.1) is 0 Å². The maximum atomic E-state index is 11.9. The first-order valence-corrected chi connectivity index (χ1v) is 15.9. The Kier molecular flexibility index (Phi) is 7.16. The molecule has 1 aliphatic heterocycles. The first kappa shape index (κ1) is 25.5. The first-order valence-electron chi connectivity index (χ1n) is 14.8. The Balaban J connectivity index is 1.05. The van der Waals surface area contributed by atoms with E-state index in [1.165, 1.54) is 58.0 Å². The number of furan rings is 1. The second-order valence-corrected chi connectivity index (χ2v) is 14.4. The van der Waals surface area contributed by atoms with Crippen LogP contribution in [0.2, 0.25) is 0 Å². The van der Waals surface area contributed by atoms with Gasteiger partial charge in [-0.3, -0.25) is 0 Å². The minimum atomic E-state index is -0.731. The Labute approximate surface area is 222 Å². The monoisotopic (exact) mass is 513 g/mol. The molecule has 0 bridgehead atoms. The number of rotatable bonds is 8. The van der Waals surface area contributed by atoms with Gasteiger partial charge in [0, 0.05) is 28.5 Å². The highest BCUT2D eigenvalue weighted by Crippen LogP contribution is 2.69. The third-order valence-electron chi connectivity index (χ3n) is 11.5. The fraction of sp³-hybridized carbons (Fsp3) is 0.806. The van der Waals surface area contributed by atoms with Crippen LogP contribution in [0.3, 0.4) is 0 Å². The van der Waals surface area contributed by atoms with Crippen LogP contribution in [-0.4, -0.2) is 53.9 Å². The average molecular weight is 514 g/mol. The quantitative estimate of drug-likeness (QED) is 0.312. The number of ether oxygens (including phenoxy) is 1. The van der Waals surface area contributed by atoms with E-state index < -0.39 is 5.60 Å². The average Bonchev–Trinajstić information content (AvgIpc) is 3.64. The molecule has 200 valence electrons. The van der Waals surface area contributed by atoms with E-state index >= 15 is 0 Å². The molecule has 4 fully saturated rings. The zero-order valence-electron chi connectivity index (χ0n) is 22.6. The number of nitrogens with zero attached hydrogens (tertiary/aromatic N) is 1. The van der Waals surface area contributed by atoms with Crippen molar-refractivity contribution in [2.45, 2.75) is 88.9 Å². The van der Waals surface area contributed by atoms with Crippen molar-refractivity contribution in [3.8, 4) is 0 Å². The second kappa shape index (κ2) is 10.1. The molecule has 1 aromatic rings. The molecular formula is C31H47NO3S. The summed E-state index contributed by atoms with van der Waals surface area (Å²) in [7, 11) is 0. The Bertz CT molecular complexity index is 926. The Morgan fingerprint density at radius 1 is 1.08 bits per heavy atom. The lowest BCUT2D eigenvalue weighted by molar-refractivity contribution is -0.128. The van der Waals surface area contributed by atoms with Crippen LogP contribution in [0.4, 0.5) is 0 Å². The van der Waals surface area contributed by atoms with Gasteiger partial charge in [0.2, 0.25) is 0 Å². The van der Waals surface area contributed by atoms with Gasteiger partial charge in [-0.2, -0.15) is 11.8 Å². The van der Waals surface area contributed by atoms with Gasteiger partial charge in [0.1, 0.15) is 0 Å². The van der Waals surface area contributed by atoms with Gasteiger partial charge in [-0.05, 0) is 107 Å². The highest BCUT2D eigenvalue weighted by atomic mass is 32.2. The predicted octanol–water partition coefficient (Wildman–Crippen LogP) is 6.64. The standard InChI is InChI=1S/C31H47NO3S/c1-29-11-7-25(36-20-19-34-18-16-32-14-3-4-15-32)21-23(29)5-6-26-27(29)8-12-30(2)28(26)9-13-31(30,33)24-10-17-35-22-24/h5,10,17,22,25-28,33H,3-4,6-9,11-16,18-21H2,1-2H3/t25-,26+,27-,28-,29-,30-,31+/m0/s1. The smallest absolute Gasteiger partial charge is 0.0983 e. The maximum Gasteiger partial charge on any atom is 0.0983 e. The van der Waals surface area contributed by atoms with Gasteiger partial charge in [0.05, 0.1) is 31.3 Å². The molecule has 1 aromatic heterocycles. The van der Waals surface area contributed by atoms with Crippen molar-refractivity contribution in [3.05, 3.63) is 35.8 Å². The molecule has 2 heterocycles. The van der Waals surface area contributed by atoms with E-state index in [-0.39, 0.29) is 5.41 Å². The molecule has 5 aliphatic rings. The van der Waals surface area contributed by atoms with Gasteiger partial charge >= 0.3 is 0 Å². The van der Waals surface area contributed by atoms with Crippen LogP contribution in [0.5, 0.6) is 0 Å². The largest absolute Gasteiger partial charge is 0.472 e. The summed E-state index contributed by atoms with van der Waals surface area (Å²) < 4.78 is 11.4. The molecule has 6 rings (SSSR count). The van der Waals surface area contributed by atoms with Crippen molar-refractivity contribution < 1.29 is 14.3 Å². The minimum absolute atomic E-state index is 0.0401. The van der Waals surface area contributed by atoms with Crippen molar-refractivity contribution in [1.29, 1.82) is 0 Å². The van der Waals surface area contributed by atoms with Gasteiger partial charge < -0.3 is 19.2 Å². The minimum Gasteiger partial charge on any atom is -0.472 e. The van der Waals surface area contributed by atoms with Gasteiger partial charge in [0.15, 0.2) is 0 Å². The molecule has 0 radical (unpaired) electrons. The lowest BCUT2D eigenvalue weighted by Gasteiger charge is -2.59. The first-order chi connectivity index (χ1) is 17.4. The topological polar surface area (TPSA) is 45.8 Å². The molecule has 1 N–H and O–H groups in total. The fourth-order valence-electron chi connectivity index (χ4n) is 9.34. The molecular weight excluding hydrogens is 466 g/mol. The third kappa shape index (κ3) is 4.25. The number of fused-ring (bicyclic) bond motifs is 5. The number of hydrogen-bond donors (Lipinski definition) is 1. The van der Waals surface area contributed by atoms with Crippen LogP contribution in [0.15, 0.2) is 34.7 Å². The van der Waals surface area contributed by atoms with E-state index in [1.807, 2.05) is 6.07 Å². The molecule has 7 atom stereocenters. The second-order valence-electron chi connectivity index (χ2n) is 13.0. The van der Waals surface area contributed by atoms with Gasteiger partial charge in [0.25, 0.3) is 0 Å². The van der Waals surface area contributed by atoms with Crippen LogP contribution in [-0.2, 0) is 10.3 Å². The third-order valence-corrected chi connectivity index (χ3v) is 12.8. The van der Waals surface area contributed by atoms with Crippen LogP contribution in [0.1, 0.15) is 83.6 Å².